The van der Waals surface area contributed by atoms with Crippen molar-refractivity contribution in [3.63, 3.8) is 0 Å². The number of aliphatic hydroxyl groups excluding tert-OH is 1. The van der Waals surface area contributed by atoms with Gasteiger partial charge in [0, 0.05) is 23.7 Å². The predicted octanol–water partition coefficient (Wildman–Crippen LogP) is 1.77. The summed E-state index contributed by atoms with van der Waals surface area (Å²) >= 11 is 0. The van der Waals surface area contributed by atoms with Crippen molar-refractivity contribution in [3.8, 4) is 0 Å². The first-order chi connectivity index (χ1) is 10.1. The van der Waals surface area contributed by atoms with Crippen LogP contribution in [0.1, 0.15) is 37.2 Å². The summed E-state index contributed by atoms with van der Waals surface area (Å²) < 4.78 is 0. The van der Waals surface area contributed by atoms with Crippen molar-refractivity contribution in [2.24, 2.45) is 0 Å². The van der Waals surface area contributed by atoms with Gasteiger partial charge in [0.25, 0.3) is 5.91 Å². The summed E-state index contributed by atoms with van der Waals surface area (Å²) in [5.41, 5.74) is 7.52. The molecule has 6 heteroatoms. The number of aromatic amines is 1. The zero-order chi connectivity index (χ0) is 15.4. The summed E-state index contributed by atoms with van der Waals surface area (Å²) in [6.07, 6.45) is 1.68. The molecule has 4 N–H and O–H groups in total. The maximum atomic E-state index is 12.8. The van der Waals surface area contributed by atoms with Gasteiger partial charge in [0.15, 0.2) is 5.69 Å². The van der Waals surface area contributed by atoms with Crippen LogP contribution in [-0.4, -0.2) is 45.3 Å². The molecule has 6 nitrogen and oxygen atoms in total. The van der Waals surface area contributed by atoms with Crippen LogP contribution in [0.2, 0.25) is 0 Å². The second kappa shape index (κ2) is 6.58. The van der Waals surface area contributed by atoms with Crippen molar-refractivity contribution in [2.45, 2.75) is 32.7 Å². The number of aromatic nitrogens is 2. The maximum Gasteiger partial charge on any atom is 0.275 e. The van der Waals surface area contributed by atoms with Crippen molar-refractivity contribution in [1.29, 1.82) is 0 Å². The molecule has 0 radical (unpaired) electrons. The van der Waals surface area contributed by atoms with Gasteiger partial charge in [-0.25, -0.2) is 0 Å². The molecular weight excluding hydrogens is 268 g/mol. The molecule has 114 valence electrons. The Morgan fingerprint density at radius 2 is 2.14 bits per heavy atom. The Morgan fingerprint density at radius 1 is 1.43 bits per heavy atom. The monoisotopic (exact) mass is 290 g/mol. The third-order valence-corrected chi connectivity index (χ3v) is 3.77. The smallest absolute Gasteiger partial charge is 0.275 e. The fourth-order valence-electron chi connectivity index (χ4n) is 2.62. The second-order valence-electron chi connectivity index (χ2n) is 5.07. The van der Waals surface area contributed by atoms with Crippen LogP contribution in [0.5, 0.6) is 0 Å². The van der Waals surface area contributed by atoms with Crippen LogP contribution in [0, 0.1) is 0 Å². The number of benzene rings is 1. The number of anilines is 1. The van der Waals surface area contributed by atoms with Gasteiger partial charge < -0.3 is 15.7 Å². The lowest BCUT2D eigenvalue weighted by molar-refractivity contribution is 0.0618. The Bertz CT molecular complexity index is 619. The summed E-state index contributed by atoms with van der Waals surface area (Å²) in [5.74, 6) is -0.172. The molecule has 2 aromatic rings. The summed E-state index contributed by atoms with van der Waals surface area (Å²) in [6.45, 7) is 4.31. The van der Waals surface area contributed by atoms with Crippen LogP contribution < -0.4 is 5.73 Å². The quantitative estimate of drug-likeness (QED) is 0.706. The van der Waals surface area contributed by atoms with Gasteiger partial charge in [-0.05, 0) is 31.0 Å². The van der Waals surface area contributed by atoms with Crippen molar-refractivity contribution in [3.05, 3.63) is 23.9 Å². The van der Waals surface area contributed by atoms with Crippen LogP contribution >= 0.6 is 0 Å². The lowest BCUT2D eigenvalue weighted by Gasteiger charge is -2.29. The molecule has 0 saturated heterocycles. The van der Waals surface area contributed by atoms with Gasteiger partial charge in [0.05, 0.1) is 12.1 Å². The zero-order valence-electron chi connectivity index (χ0n) is 12.5. The van der Waals surface area contributed by atoms with E-state index in [1.807, 2.05) is 19.9 Å². The highest BCUT2D eigenvalue weighted by atomic mass is 16.3. The van der Waals surface area contributed by atoms with E-state index in [0.717, 1.165) is 18.4 Å². The van der Waals surface area contributed by atoms with Crippen molar-refractivity contribution in [2.75, 3.05) is 18.9 Å². The van der Waals surface area contributed by atoms with E-state index in [4.69, 9.17) is 5.73 Å². The Balaban J connectivity index is 2.40. The average Bonchev–Trinajstić information content (AvgIpc) is 2.89. The van der Waals surface area contributed by atoms with E-state index >= 15 is 0 Å². The Hall–Kier alpha value is -2.08. The lowest BCUT2D eigenvalue weighted by Crippen LogP contribution is -2.41. The van der Waals surface area contributed by atoms with E-state index in [9.17, 15) is 9.90 Å². The summed E-state index contributed by atoms with van der Waals surface area (Å²) in [4.78, 5) is 14.5. The molecule has 0 fully saturated rings. The standard InChI is InChI=1S/C15H22N4O2/c1-3-11(4-2)19(7-8-20)15(21)14-12-9-10(16)5-6-13(12)17-18-14/h5-6,9,11,20H,3-4,7-8,16H2,1-2H3,(H,17,18). The minimum absolute atomic E-state index is 0.0628. The van der Waals surface area contributed by atoms with Crippen LogP contribution in [0.3, 0.4) is 0 Å². The number of nitrogens with zero attached hydrogens (tertiary/aromatic N) is 2. The van der Waals surface area contributed by atoms with E-state index in [1.54, 1.807) is 17.0 Å². The van der Waals surface area contributed by atoms with E-state index in [1.165, 1.54) is 0 Å². The highest BCUT2D eigenvalue weighted by Gasteiger charge is 2.25. The first-order valence-electron chi connectivity index (χ1n) is 7.27. The first kappa shape index (κ1) is 15.3. The van der Waals surface area contributed by atoms with Crippen LogP contribution in [0.25, 0.3) is 10.9 Å². The molecule has 1 amide bonds. The van der Waals surface area contributed by atoms with Gasteiger partial charge in [0.1, 0.15) is 0 Å². The molecule has 0 saturated carbocycles. The fourth-order valence-corrected chi connectivity index (χ4v) is 2.62. The molecule has 1 aromatic heterocycles. The minimum Gasteiger partial charge on any atom is -0.399 e. The molecule has 0 aliphatic heterocycles. The Kier molecular flexibility index (Phi) is 4.80. The van der Waals surface area contributed by atoms with Crippen molar-refractivity contribution >= 4 is 22.5 Å². The summed E-state index contributed by atoms with van der Waals surface area (Å²) in [7, 11) is 0. The third-order valence-electron chi connectivity index (χ3n) is 3.77. The first-order valence-corrected chi connectivity index (χ1v) is 7.27. The highest BCUT2D eigenvalue weighted by molar-refractivity contribution is 6.05. The SMILES string of the molecule is CCC(CC)N(CCO)C(=O)c1n[nH]c2ccc(N)cc12. The second-order valence-corrected chi connectivity index (χ2v) is 5.07. The number of hydrogen-bond donors (Lipinski definition) is 3. The van der Waals surface area contributed by atoms with E-state index < -0.39 is 0 Å². The Labute approximate surface area is 123 Å². The number of aliphatic hydroxyl groups is 1. The number of hydrogen-bond acceptors (Lipinski definition) is 4. The molecule has 21 heavy (non-hydrogen) atoms. The van der Waals surface area contributed by atoms with E-state index in [-0.39, 0.29) is 18.6 Å². The number of nitrogen functional groups attached to an aromatic ring is 1. The highest BCUT2D eigenvalue weighted by Crippen LogP contribution is 2.21. The summed E-state index contributed by atoms with van der Waals surface area (Å²) in [6, 6.07) is 5.41. The van der Waals surface area contributed by atoms with Gasteiger partial charge in [-0.2, -0.15) is 5.10 Å². The molecule has 0 bridgehead atoms. The van der Waals surface area contributed by atoms with Gasteiger partial charge >= 0.3 is 0 Å². The van der Waals surface area contributed by atoms with E-state index in [2.05, 4.69) is 10.2 Å². The normalized spacial score (nSPS) is 11.2. The van der Waals surface area contributed by atoms with Gasteiger partial charge in [-0.1, -0.05) is 13.8 Å². The van der Waals surface area contributed by atoms with Crippen molar-refractivity contribution in [1.82, 2.24) is 15.1 Å². The topological polar surface area (TPSA) is 95.2 Å². The number of nitrogens with two attached hydrogens (primary N) is 1. The molecule has 0 aliphatic rings. The van der Waals surface area contributed by atoms with E-state index in [0.29, 0.717) is 23.3 Å². The molecule has 0 aliphatic carbocycles. The Morgan fingerprint density at radius 3 is 2.76 bits per heavy atom. The number of carbonyl (C=O) groups is 1. The van der Waals surface area contributed by atoms with Gasteiger partial charge in [-0.15, -0.1) is 0 Å². The molecular formula is C15H22N4O2. The lowest BCUT2D eigenvalue weighted by atomic mass is 10.1. The largest absolute Gasteiger partial charge is 0.399 e. The van der Waals surface area contributed by atoms with Gasteiger partial charge in [0.2, 0.25) is 0 Å². The zero-order valence-corrected chi connectivity index (χ0v) is 12.5. The number of amides is 1. The van der Waals surface area contributed by atoms with Crippen LogP contribution in [0.4, 0.5) is 5.69 Å². The fraction of sp³-hybridized carbons (Fsp3) is 0.467. The third kappa shape index (κ3) is 3.00. The number of fused-ring (bicyclic) bond motifs is 1. The molecule has 0 spiro atoms. The number of rotatable bonds is 6. The minimum atomic E-state index is -0.172. The maximum absolute atomic E-state index is 12.8. The van der Waals surface area contributed by atoms with Crippen LogP contribution in [-0.2, 0) is 0 Å². The molecule has 0 atom stereocenters. The molecule has 1 heterocycles. The predicted molar refractivity (Wildman–Crippen MR) is 83.0 cm³/mol. The number of H-pyrrole nitrogens is 1. The molecule has 1 aromatic carbocycles. The van der Waals surface area contributed by atoms with Crippen molar-refractivity contribution < 1.29 is 9.90 Å². The summed E-state index contributed by atoms with van der Waals surface area (Å²) in [5, 5.41) is 16.9. The molecule has 0 unspecified atom stereocenters. The average molecular weight is 290 g/mol. The van der Waals surface area contributed by atoms with Gasteiger partial charge in [-0.3, -0.25) is 9.89 Å². The van der Waals surface area contributed by atoms with Crippen LogP contribution in [0.15, 0.2) is 18.2 Å². The molecule has 2 rings (SSSR count). The number of carbonyl (C=O) groups excluding carboxylic acids is 1. The number of nitrogens with one attached hydrogen (secondary N) is 1.